The van der Waals surface area contributed by atoms with E-state index in [0.717, 1.165) is 22.0 Å². The summed E-state index contributed by atoms with van der Waals surface area (Å²) in [4.78, 5) is 5.66. The number of aryl methyl sites for hydroxylation is 3. The SMILES string of the molecule is Cc1nc(CNc2nnc(C)c(C)c2C#N)sc1C. The molecule has 0 aliphatic rings. The first-order valence-corrected chi connectivity index (χ1v) is 6.75. The number of anilines is 1. The summed E-state index contributed by atoms with van der Waals surface area (Å²) in [6, 6.07) is 2.18. The highest BCUT2D eigenvalue weighted by molar-refractivity contribution is 7.11. The van der Waals surface area contributed by atoms with Gasteiger partial charge >= 0.3 is 0 Å². The second kappa shape index (κ2) is 5.33. The molecule has 2 heterocycles. The molecule has 0 aliphatic heterocycles. The van der Waals surface area contributed by atoms with E-state index in [1.54, 1.807) is 11.3 Å². The van der Waals surface area contributed by atoms with Gasteiger partial charge < -0.3 is 5.32 Å². The molecular weight excluding hydrogens is 258 g/mol. The normalized spacial score (nSPS) is 10.3. The summed E-state index contributed by atoms with van der Waals surface area (Å²) in [6.07, 6.45) is 0. The van der Waals surface area contributed by atoms with Crippen LogP contribution in [0.2, 0.25) is 0 Å². The number of nitriles is 1. The third-order valence-corrected chi connectivity index (χ3v) is 4.12. The minimum Gasteiger partial charge on any atom is -0.361 e. The number of nitrogens with zero attached hydrogens (tertiary/aromatic N) is 4. The van der Waals surface area contributed by atoms with Crippen LogP contribution >= 0.6 is 11.3 Å². The first-order chi connectivity index (χ1) is 9.02. The number of rotatable bonds is 3. The molecule has 0 spiro atoms. The average Bonchev–Trinajstić information content (AvgIpc) is 2.70. The predicted molar refractivity (Wildman–Crippen MR) is 75.1 cm³/mol. The summed E-state index contributed by atoms with van der Waals surface area (Å²) in [5, 5.41) is 21.4. The van der Waals surface area contributed by atoms with Gasteiger partial charge in [-0.25, -0.2) is 4.98 Å². The van der Waals surface area contributed by atoms with Crippen molar-refractivity contribution in [2.24, 2.45) is 0 Å². The van der Waals surface area contributed by atoms with Crippen LogP contribution in [0.3, 0.4) is 0 Å². The van der Waals surface area contributed by atoms with Crippen molar-refractivity contribution in [3.63, 3.8) is 0 Å². The van der Waals surface area contributed by atoms with E-state index in [1.165, 1.54) is 4.88 Å². The standard InChI is InChI=1S/C13H15N5S/c1-7-8(2)17-18-13(11(7)5-14)15-6-12-16-9(3)10(4)19-12/h6H2,1-4H3,(H,15,18). The molecule has 2 aromatic rings. The van der Waals surface area contributed by atoms with E-state index in [0.29, 0.717) is 17.9 Å². The highest BCUT2D eigenvalue weighted by Crippen LogP contribution is 2.20. The lowest BCUT2D eigenvalue weighted by Crippen LogP contribution is -2.07. The Hall–Kier alpha value is -2.00. The first-order valence-electron chi connectivity index (χ1n) is 5.93. The molecule has 19 heavy (non-hydrogen) atoms. The van der Waals surface area contributed by atoms with Crippen molar-refractivity contribution in [3.05, 3.63) is 32.4 Å². The average molecular weight is 273 g/mol. The molecule has 5 nitrogen and oxygen atoms in total. The Morgan fingerprint density at radius 2 is 1.89 bits per heavy atom. The van der Waals surface area contributed by atoms with E-state index in [-0.39, 0.29) is 0 Å². The molecular formula is C13H15N5S. The fourth-order valence-electron chi connectivity index (χ4n) is 1.64. The van der Waals surface area contributed by atoms with Crippen LogP contribution in [0.1, 0.15) is 32.4 Å². The highest BCUT2D eigenvalue weighted by atomic mass is 32.1. The van der Waals surface area contributed by atoms with Gasteiger partial charge in [0.15, 0.2) is 5.82 Å². The van der Waals surface area contributed by atoms with Crippen molar-refractivity contribution in [1.29, 1.82) is 5.26 Å². The number of hydrogen-bond acceptors (Lipinski definition) is 6. The van der Waals surface area contributed by atoms with Crippen molar-refractivity contribution in [2.45, 2.75) is 34.2 Å². The largest absolute Gasteiger partial charge is 0.361 e. The van der Waals surface area contributed by atoms with Gasteiger partial charge in [0.2, 0.25) is 0 Å². The van der Waals surface area contributed by atoms with Gasteiger partial charge in [-0.1, -0.05) is 0 Å². The fraction of sp³-hybridized carbons (Fsp3) is 0.385. The van der Waals surface area contributed by atoms with E-state index in [1.807, 2.05) is 27.7 Å². The maximum atomic E-state index is 9.20. The summed E-state index contributed by atoms with van der Waals surface area (Å²) in [5.74, 6) is 0.524. The predicted octanol–water partition coefficient (Wildman–Crippen LogP) is 2.65. The maximum Gasteiger partial charge on any atom is 0.167 e. The molecule has 0 unspecified atom stereocenters. The second-order valence-corrected chi connectivity index (χ2v) is 5.64. The van der Waals surface area contributed by atoms with E-state index in [2.05, 4.69) is 26.6 Å². The lowest BCUT2D eigenvalue weighted by Gasteiger charge is -2.08. The van der Waals surface area contributed by atoms with Crippen molar-refractivity contribution < 1.29 is 0 Å². The lowest BCUT2D eigenvalue weighted by atomic mass is 10.1. The van der Waals surface area contributed by atoms with Crippen molar-refractivity contribution in [2.75, 3.05) is 5.32 Å². The third kappa shape index (κ3) is 2.71. The molecule has 98 valence electrons. The smallest absolute Gasteiger partial charge is 0.167 e. The van der Waals surface area contributed by atoms with Crippen LogP contribution in [0.4, 0.5) is 5.82 Å². The molecule has 0 fully saturated rings. The molecule has 2 rings (SSSR count). The van der Waals surface area contributed by atoms with Gasteiger partial charge in [0.25, 0.3) is 0 Å². The quantitative estimate of drug-likeness (QED) is 0.930. The number of nitrogens with one attached hydrogen (secondary N) is 1. The highest BCUT2D eigenvalue weighted by Gasteiger charge is 2.11. The van der Waals surface area contributed by atoms with Crippen LogP contribution < -0.4 is 5.32 Å². The molecule has 2 aromatic heterocycles. The summed E-state index contributed by atoms with van der Waals surface area (Å²) in [7, 11) is 0. The van der Waals surface area contributed by atoms with Crippen LogP contribution in [0.15, 0.2) is 0 Å². The van der Waals surface area contributed by atoms with Crippen molar-refractivity contribution >= 4 is 17.2 Å². The minimum atomic E-state index is 0.524. The van der Waals surface area contributed by atoms with Gasteiger partial charge in [0.05, 0.1) is 17.9 Å². The van der Waals surface area contributed by atoms with Gasteiger partial charge in [0, 0.05) is 4.88 Å². The Bertz CT molecular complexity index is 634. The minimum absolute atomic E-state index is 0.524. The van der Waals surface area contributed by atoms with Crippen LogP contribution in [0.25, 0.3) is 0 Å². The molecule has 0 amide bonds. The molecule has 6 heteroatoms. The zero-order valence-corrected chi connectivity index (χ0v) is 12.2. The maximum absolute atomic E-state index is 9.20. The third-order valence-electron chi connectivity index (χ3n) is 3.05. The molecule has 0 aliphatic carbocycles. The van der Waals surface area contributed by atoms with Crippen molar-refractivity contribution in [3.8, 4) is 6.07 Å². The molecule has 0 bridgehead atoms. The van der Waals surface area contributed by atoms with Gasteiger partial charge in [-0.05, 0) is 33.3 Å². The van der Waals surface area contributed by atoms with Crippen molar-refractivity contribution in [1.82, 2.24) is 15.2 Å². The first kappa shape index (κ1) is 13.4. The van der Waals surface area contributed by atoms with Crippen LogP contribution in [-0.2, 0) is 6.54 Å². The lowest BCUT2D eigenvalue weighted by molar-refractivity contribution is 0.937. The number of aromatic nitrogens is 3. The Labute approximate surface area is 116 Å². The zero-order chi connectivity index (χ0) is 14.0. The second-order valence-electron chi connectivity index (χ2n) is 4.35. The van der Waals surface area contributed by atoms with Crippen LogP contribution in [0, 0.1) is 39.0 Å². The topological polar surface area (TPSA) is 74.5 Å². The summed E-state index contributed by atoms with van der Waals surface area (Å²) in [5.41, 5.74) is 3.25. The van der Waals surface area contributed by atoms with Gasteiger partial charge in [-0.3, -0.25) is 0 Å². The molecule has 0 radical (unpaired) electrons. The van der Waals surface area contributed by atoms with Gasteiger partial charge in [-0.2, -0.15) is 10.4 Å². The molecule has 0 saturated carbocycles. The number of thiazole rings is 1. The van der Waals surface area contributed by atoms with Crippen LogP contribution in [0.5, 0.6) is 0 Å². The fourth-order valence-corrected chi connectivity index (χ4v) is 2.52. The Balaban J connectivity index is 2.21. The zero-order valence-electron chi connectivity index (χ0n) is 11.4. The van der Waals surface area contributed by atoms with Gasteiger partial charge in [0.1, 0.15) is 16.6 Å². The monoisotopic (exact) mass is 273 g/mol. The van der Waals surface area contributed by atoms with E-state index < -0.39 is 0 Å². The van der Waals surface area contributed by atoms with E-state index >= 15 is 0 Å². The summed E-state index contributed by atoms with van der Waals surface area (Å²) in [6.45, 7) is 8.33. The Morgan fingerprint density at radius 1 is 1.16 bits per heavy atom. The summed E-state index contributed by atoms with van der Waals surface area (Å²) >= 11 is 1.65. The Morgan fingerprint density at radius 3 is 2.47 bits per heavy atom. The molecule has 1 N–H and O–H groups in total. The van der Waals surface area contributed by atoms with Gasteiger partial charge in [-0.15, -0.1) is 16.4 Å². The van der Waals surface area contributed by atoms with Crippen LogP contribution in [-0.4, -0.2) is 15.2 Å². The van der Waals surface area contributed by atoms with E-state index in [4.69, 9.17) is 0 Å². The molecule has 0 saturated heterocycles. The number of hydrogen-bond donors (Lipinski definition) is 1. The molecule has 0 aromatic carbocycles. The summed E-state index contributed by atoms with van der Waals surface area (Å²) < 4.78 is 0. The van der Waals surface area contributed by atoms with E-state index in [9.17, 15) is 5.26 Å². The Kier molecular flexibility index (Phi) is 3.76. The molecule has 0 atom stereocenters.